The van der Waals surface area contributed by atoms with Crippen molar-refractivity contribution in [3.63, 3.8) is 0 Å². The molecule has 0 aromatic rings. The summed E-state index contributed by atoms with van der Waals surface area (Å²) < 4.78 is 0. The SMILES string of the molecule is C=CC(=O)NC(C)C(=C)C(=O)O. The lowest BCUT2D eigenvalue weighted by Gasteiger charge is -2.11. The number of carboxylic acid groups (broad SMARTS) is 1. The summed E-state index contributed by atoms with van der Waals surface area (Å²) in [6, 6.07) is -0.576. The second-order valence-electron chi connectivity index (χ2n) is 2.26. The summed E-state index contributed by atoms with van der Waals surface area (Å²) in [5, 5.41) is 10.8. The highest BCUT2D eigenvalue weighted by Gasteiger charge is 2.13. The molecule has 0 bridgehead atoms. The van der Waals surface area contributed by atoms with Gasteiger partial charge >= 0.3 is 5.97 Å². The second kappa shape index (κ2) is 4.33. The lowest BCUT2D eigenvalue weighted by Crippen LogP contribution is -2.34. The Bertz CT molecular complexity index is 232. The average molecular weight is 169 g/mol. The standard InChI is InChI=1S/C8H11NO3/c1-4-7(10)9-6(3)5(2)8(11)12/h4,6H,1-2H2,3H3,(H,9,10)(H,11,12). The molecule has 0 heterocycles. The summed E-state index contributed by atoms with van der Waals surface area (Å²) in [4.78, 5) is 21.0. The number of carboxylic acids is 1. The van der Waals surface area contributed by atoms with Gasteiger partial charge in [0, 0.05) is 0 Å². The van der Waals surface area contributed by atoms with Gasteiger partial charge in [-0.3, -0.25) is 4.79 Å². The Morgan fingerprint density at radius 1 is 1.58 bits per heavy atom. The van der Waals surface area contributed by atoms with Gasteiger partial charge in [0.2, 0.25) is 5.91 Å². The van der Waals surface area contributed by atoms with Crippen molar-refractivity contribution in [2.45, 2.75) is 13.0 Å². The number of carbonyl (C=O) groups is 2. The van der Waals surface area contributed by atoms with Gasteiger partial charge in [-0.15, -0.1) is 0 Å². The summed E-state index contributed by atoms with van der Waals surface area (Å²) in [6.07, 6.45) is 1.08. The molecule has 1 atom stereocenters. The van der Waals surface area contributed by atoms with Crippen LogP contribution in [0.5, 0.6) is 0 Å². The molecule has 0 spiro atoms. The van der Waals surface area contributed by atoms with Crippen molar-refractivity contribution in [1.29, 1.82) is 0 Å². The van der Waals surface area contributed by atoms with E-state index in [1.807, 2.05) is 0 Å². The summed E-state index contributed by atoms with van der Waals surface area (Å²) >= 11 is 0. The summed E-state index contributed by atoms with van der Waals surface area (Å²) in [5.41, 5.74) is -0.0507. The maximum Gasteiger partial charge on any atom is 0.333 e. The van der Waals surface area contributed by atoms with Crippen LogP contribution in [-0.4, -0.2) is 23.0 Å². The molecule has 0 aliphatic carbocycles. The van der Waals surface area contributed by atoms with Gasteiger partial charge in [0.1, 0.15) is 0 Å². The van der Waals surface area contributed by atoms with Crippen molar-refractivity contribution >= 4 is 11.9 Å². The van der Waals surface area contributed by atoms with Crippen molar-refractivity contribution < 1.29 is 14.7 Å². The lowest BCUT2D eigenvalue weighted by molar-refractivity contribution is -0.132. The van der Waals surface area contributed by atoms with E-state index in [4.69, 9.17) is 5.11 Å². The molecule has 1 unspecified atom stereocenters. The van der Waals surface area contributed by atoms with Gasteiger partial charge in [0.05, 0.1) is 11.6 Å². The quantitative estimate of drug-likeness (QED) is 0.595. The van der Waals surface area contributed by atoms with Gasteiger partial charge < -0.3 is 10.4 Å². The summed E-state index contributed by atoms with van der Waals surface area (Å²) in [6.45, 7) is 8.06. The predicted octanol–water partition coefficient (Wildman–Crippen LogP) is 0.318. The monoisotopic (exact) mass is 169 g/mol. The zero-order valence-electron chi connectivity index (χ0n) is 6.83. The molecule has 0 fully saturated rings. The van der Waals surface area contributed by atoms with Gasteiger partial charge in [0.15, 0.2) is 0 Å². The molecule has 4 heteroatoms. The molecule has 2 N–H and O–H groups in total. The summed E-state index contributed by atoms with van der Waals surface area (Å²) in [5.74, 6) is -1.53. The molecule has 0 saturated heterocycles. The number of carbonyl (C=O) groups excluding carboxylic acids is 1. The molecule has 0 aliphatic rings. The third kappa shape index (κ3) is 3.01. The van der Waals surface area contributed by atoms with E-state index in [0.29, 0.717) is 0 Å². The zero-order valence-corrected chi connectivity index (χ0v) is 6.83. The van der Waals surface area contributed by atoms with Crippen LogP contribution in [0, 0.1) is 0 Å². The normalized spacial score (nSPS) is 11.4. The molecule has 4 nitrogen and oxygen atoms in total. The number of rotatable bonds is 4. The largest absolute Gasteiger partial charge is 0.478 e. The number of amides is 1. The molecule has 0 aliphatic heterocycles. The third-order valence-corrected chi connectivity index (χ3v) is 1.34. The highest BCUT2D eigenvalue weighted by molar-refractivity contribution is 5.91. The van der Waals surface area contributed by atoms with E-state index < -0.39 is 17.9 Å². The number of aliphatic carboxylic acids is 1. The zero-order chi connectivity index (χ0) is 9.72. The van der Waals surface area contributed by atoms with E-state index in [1.54, 1.807) is 0 Å². The fourth-order valence-corrected chi connectivity index (χ4v) is 0.545. The molecule has 0 rings (SSSR count). The highest BCUT2D eigenvalue weighted by Crippen LogP contribution is 1.97. The first kappa shape index (κ1) is 10.4. The molecule has 0 radical (unpaired) electrons. The molecular formula is C8H11NO3. The Balaban J connectivity index is 4.13. The van der Waals surface area contributed by atoms with Crippen molar-refractivity contribution in [2.75, 3.05) is 0 Å². The Hall–Kier alpha value is -1.58. The first-order valence-electron chi connectivity index (χ1n) is 3.34. The van der Waals surface area contributed by atoms with E-state index in [1.165, 1.54) is 6.92 Å². The maximum absolute atomic E-state index is 10.7. The van der Waals surface area contributed by atoms with Crippen LogP contribution in [0.25, 0.3) is 0 Å². The van der Waals surface area contributed by atoms with Crippen LogP contribution in [0.15, 0.2) is 24.8 Å². The minimum absolute atomic E-state index is 0.0507. The Labute approximate surface area is 70.6 Å². The van der Waals surface area contributed by atoms with E-state index in [2.05, 4.69) is 18.5 Å². The molecule has 0 aromatic carbocycles. The van der Waals surface area contributed by atoms with Crippen LogP contribution in [-0.2, 0) is 9.59 Å². The van der Waals surface area contributed by atoms with Crippen molar-refractivity contribution in [1.82, 2.24) is 5.32 Å². The van der Waals surface area contributed by atoms with Crippen LogP contribution in [0.1, 0.15) is 6.92 Å². The molecule has 12 heavy (non-hydrogen) atoms. The molecule has 0 saturated carbocycles. The van der Waals surface area contributed by atoms with Gasteiger partial charge in [-0.25, -0.2) is 4.79 Å². The minimum atomic E-state index is -1.12. The van der Waals surface area contributed by atoms with Crippen LogP contribution < -0.4 is 5.32 Å². The Morgan fingerprint density at radius 2 is 2.08 bits per heavy atom. The van der Waals surface area contributed by atoms with Crippen LogP contribution in [0.3, 0.4) is 0 Å². The van der Waals surface area contributed by atoms with Crippen molar-refractivity contribution in [3.8, 4) is 0 Å². The topological polar surface area (TPSA) is 66.4 Å². The lowest BCUT2D eigenvalue weighted by atomic mass is 10.1. The van der Waals surface area contributed by atoms with E-state index in [0.717, 1.165) is 6.08 Å². The van der Waals surface area contributed by atoms with E-state index >= 15 is 0 Å². The fourth-order valence-electron chi connectivity index (χ4n) is 0.545. The fraction of sp³-hybridized carbons (Fsp3) is 0.250. The van der Waals surface area contributed by atoms with Gasteiger partial charge in [0.25, 0.3) is 0 Å². The van der Waals surface area contributed by atoms with Crippen LogP contribution >= 0.6 is 0 Å². The van der Waals surface area contributed by atoms with E-state index in [9.17, 15) is 9.59 Å². The molecule has 0 aromatic heterocycles. The first-order chi connectivity index (χ1) is 5.49. The molecular weight excluding hydrogens is 158 g/mol. The Kier molecular flexibility index (Phi) is 3.76. The van der Waals surface area contributed by atoms with Gasteiger partial charge in [-0.05, 0) is 13.0 Å². The van der Waals surface area contributed by atoms with Crippen molar-refractivity contribution in [3.05, 3.63) is 24.8 Å². The van der Waals surface area contributed by atoms with Gasteiger partial charge in [-0.2, -0.15) is 0 Å². The van der Waals surface area contributed by atoms with E-state index in [-0.39, 0.29) is 5.57 Å². The Morgan fingerprint density at radius 3 is 2.42 bits per heavy atom. The second-order valence-corrected chi connectivity index (χ2v) is 2.26. The summed E-state index contributed by atoms with van der Waals surface area (Å²) in [7, 11) is 0. The first-order valence-corrected chi connectivity index (χ1v) is 3.34. The molecule has 66 valence electrons. The van der Waals surface area contributed by atoms with Crippen LogP contribution in [0.2, 0.25) is 0 Å². The average Bonchev–Trinajstić information content (AvgIpc) is 2.02. The minimum Gasteiger partial charge on any atom is -0.478 e. The highest BCUT2D eigenvalue weighted by atomic mass is 16.4. The maximum atomic E-state index is 10.7. The predicted molar refractivity (Wildman–Crippen MR) is 44.6 cm³/mol. The van der Waals surface area contributed by atoms with Crippen LogP contribution in [0.4, 0.5) is 0 Å². The number of nitrogens with one attached hydrogen (secondary N) is 1. The number of hydrogen-bond donors (Lipinski definition) is 2. The smallest absolute Gasteiger partial charge is 0.333 e. The third-order valence-electron chi connectivity index (χ3n) is 1.34. The van der Waals surface area contributed by atoms with Crippen molar-refractivity contribution in [2.24, 2.45) is 0 Å². The van der Waals surface area contributed by atoms with Gasteiger partial charge in [-0.1, -0.05) is 13.2 Å². The number of hydrogen-bond acceptors (Lipinski definition) is 2. The molecule has 1 amide bonds.